The van der Waals surface area contributed by atoms with Crippen LogP contribution >= 0.6 is 0 Å². The lowest BCUT2D eigenvalue weighted by Crippen LogP contribution is -2.48. The van der Waals surface area contributed by atoms with Crippen molar-refractivity contribution in [3.05, 3.63) is 35.4 Å². The zero-order chi connectivity index (χ0) is 13.3. The highest BCUT2D eigenvalue weighted by Gasteiger charge is 2.34. The summed E-state index contributed by atoms with van der Waals surface area (Å²) in [6, 6.07) is 9.86. The van der Waals surface area contributed by atoms with E-state index in [0.717, 1.165) is 6.54 Å². The normalized spacial score (nSPS) is 27.6. The minimum absolute atomic E-state index is 0.153. The van der Waals surface area contributed by atoms with Gasteiger partial charge in [0.2, 0.25) is 0 Å². The third kappa shape index (κ3) is 2.32. The van der Waals surface area contributed by atoms with Gasteiger partial charge < -0.3 is 5.73 Å². The van der Waals surface area contributed by atoms with Crippen molar-refractivity contribution in [2.75, 3.05) is 6.54 Å². The van der Waals surface area contributed by atoms with Crippen LogP contribution in [0.25, 0.3) is 0 Å². The first-order chi connectivity index (χ1) is 8.56. The van der Waals surface area contributed by atoms with Crippen LogP contribution in [0.1, 0.15) is 57.2 Å². The van der Waals surface area contributed by atoms with Crippen molar-refractivity contribution in [3.63, 3.8) is 0 Å². The second-order valence-corrected chi connectivity index (χ2v) is 5.78. The summed E-state index contributed by atoms with van der Waals surface area (Å²) >= 11 is 0. The Morgan fingerprint density at radius 3 is 2.44 bits per heavy atom. The monoisotopic (exact) mass is 246 g/mol. The summed E-state index contributed by atoms with van der Waals surface area (Å²) in [6.45, 7) is 10.2. The second-order valence-electron chi connectivity index (χ2n) is 5.78. The van der Waals surface area contributed by atoms with Crippen LogP contribution < -0.4 is 5.73 Å². The van der Waals surface area contributed by atoms with Crippen LogP contribution in [-0.4, -0.2) is 23.5 Å². The zero-order valence-corrected chi connectivity index (χ0v) is 12.1. The van der Waals surface area contributed by atoms with Crippen molar-refractivity contribution >= 4 is 0 Å². The molecule has 0 saturated carbocycles. The highest BCUT2D eigenvalue weighted by molar-refractivity contribution is 5.36. The molecule has 0 saturated heterocycles. The number of nitrogens with two attached hydrogens (primary N) is 1. The Bertz CT molecular complexity index is 400. The van der Waals surface area contributed by atoms with Gasteiger partial charge >= 0.3 is 0 Å². The second kappa shape index (κ2) is 5.41. The third-order valence-corrected chi connectivity index (χ3v) is 4.35. The summed E-state index contributed by atoms with van der Waals surface area (Å²) in [7, 11) is 0. The van der Waals surface area contributed by atoms with Gasteiger partial charge in [0.15, 0.2) is 0 Å². The summed E-state index contributed by atoms with van der Waals surface area (Å²) in [5, 5.41) is 0. The fourth-order valence-corrected chi connectivity index (χ4v) is 3.43. The smallest absolute Gasteiger partial charge is 0.0456 e. The number of rotatable bonds is 3. The molecule has 2 N–H and O–H groups in total. The lowest BCUT2D eigenvalue weighted by Gasteiger charge is -2.43. The fourth-order valence-electron chi connectivity index (χ4n) is 3.43. The standard InChI is InChI=1S/C16H26N2/c1-5-18(11(2)3)15-10-12(4)13-8-6-7-9-14(13)16(15)17/h6-9,11-12,15-16H,5,10,17H2,1-4H3. The minimum atomic E-state index is 0.153. The van der Waals surface area contributed by atoms with Crippen molar-refractivity contribution in [1.82, 2.24) is 4.90 Å². The van der Waals surface area contributed by atoms with Gasteiger partial charge in [-0.2, -0.15) is 0 Å². The Hall–Kier alpha value is -0.860. The maximum absolute atomic E-state index is 6.53. The van der Waals surface area contributed by atoms with Crippen molar-refractivity contribution in [1.29, 1.82) is 0 Å². The number of nitrogens with zero attached hydrogens (tertiary/aromatic N) is 1. The number of hydrogen-bond acceptors (Lipinski definition) is 2. The summed E-state index contributed by atoms with van der Waals surface area (Å²) < 4.78 is 0. The molecule has 2 heteroatoms. The van der Waals surface area contributed by atoms with Gasteiger partial charge in [0, 0.05) is 18.1 Å². The lowest BCUT2D eigenvalue weighted by molar-refractivity contribution is 0.120. The molecule has 0 radical (unpaired) electrons. The van der Waals surface area contributed by atoms with E-state index in [4.69, 9.17) is 5.73 Å². The van der Waals surface area contributed by atoms with E-state index >= 15 is 0 Å². The minimum Gasteiger partial charge on any atom is -0.323 e. The summed E-state index contributed by atoms with van der Waals surface area (Å²) in [4.78, 5) is 2.54. The SMILES string of the molecule is CCN(C(C)C)C1CC(C)c2ccccc2C1N. The van der Waals surface area contributed by atoms with Gasteiger partial charge in [-0.05, 0) is 43.9 Å². The molecule has 100 valence electrons. The number of likely N-dealkylation sites (N-methyl/N-ethyl adjacent to an activating group) is 1. The van der Waals surface area contributed by atoms with Crippen molar-refractivity contribution in [2.45, 2.75) is 58.2 Å². The van der Waals surface area contributed by atoms with Crippen molar-refractivity contribution in [3.8, 4) is 0 Å². The Morgan fingerprint density at radius 2 is 1.89 bits per heavy atom. The number of fused-ring (bicyclic) bond motifs is 1. The highest BCUT2D eigenvalue weighted by atomic mass is 15.2. The van der Waals surface area contributed by atoms with Crippen LogP contribution in [0.5, 0.6) is 0 Å². The molecule has 1 aromatic carbocycles. The average molecular weight is 246 g/mol. The first kappa shape index (κ1) is 13.6. The molecule has 18 heavy (non-hydrogen) atoms. The van der Waals surface area contributed by atoms with E-state index in [9.17, 15) is 0 Å². The Balaban J connectivity index is 2.33. The molecule has 0 aromatic heterocycles. The topological polar surface area (TPSA) is 29.3 Å². The highest BCUT2D eigenvalue weighted by Crippen LogP contribution is 2.38. The third-order valence-electron chi connectivity index (χ3n) is 4.35. The molecule has 0 aliphatic heterocycles. The van der Waals surface area contributed by atoms with Crippen molar-refractivity contribution in [2.24, 2.45) is 5.73 Å². The average Bonchev–Trinajstić information content (AvgIpc) is 2.36. The molecule has 0 spiro atoms. The van der Waals surface area contributed by atoms with Crippen LogP contribution in [0.15, 0.2) is 24.3 Å². The first-order valence-electron chi connectivity index (χ1n) is 7.16. The van der Waals surface area contributed by atoms with Gasteiger partial charge in [0.05, 0.1) is 0 Å². The molecule has 3 atom stereocenters. The number of benzene rings is 1. The molecule has 0 amide bonds. The predicted octanol–water partition coefficient (Wildman–Crippen LogP) is 3.29. The van der Waals surface area contributed by atoms with Crippen molar-refractivity contribution < 1.29 is 0 Å². The molecule has 2 nitrogen and oxygen atoms in total. The van der Waals surface area contributed by atoms with Gasteiger partial charge in [-0.3, -0.25) is 4.90 Å². The molecule has 0 heterocycles. The maximum Gasteiger partial charge on any atom is 0.0456 e. The summed E-state index contributed by atoms with van der Waals surface area (Å²) in [5.41, 5.74) is 9.32. The van der Waals surface area contributed by atoms with E-state index in [1.807, 2.05) is 0 Å². The van der Waals surface area contributed by atoms with Gasteiger partial charge in [0.25, 0.3) is 0 Å². The zero-order valence-electron chi connectivity index (χ0n) is 12.1. The maximum atomic E-state index is 6.53. The molecule has 1 aromatic rings. The Labute approximate surface area is 111 Å². The van der Waals surface area contributed by atoms with Gasteiger partial charge in [-0.25, -0.2) is 0 Å². The largest absolute Gasteiger partial charge is 0.323 e. The first-order valence-corrected chi connectivity index (χ1v) is 7.16. The van der Waals surface area contributed by atoms with Gasteiger partial charge in [-0.1, -0.05) is 38.1 Å². The quantitative estimate of drug-likeness (QED) is 0.886. The lowest BCUT2D eigenvalue weighted by atomic mass is 9.77. The van der Waals surface area contributed by atoms with E-state index < -0.39 is 0 Å². The molecule has 0 fully saturated rings. The van der Waals surface area contributed by atoms with Gasteiger partial charge in [-0.15, -0.1) is 0 Å². The van der Waals surface area contributed by atoms with Crippen LogP contribution in [0, 0.1) is 0 Å². The molecule has 3 unspecified atom stereocenters. The van der Waals surface area contributed by atoms with Crippen LogP contribution in [0.2, 0.25) is 0 Å². The van der Waals surface area contributed by atoms with Crippen LogP contribution in [0.4, 0.5) is 0 Å². The molecule has 1 aliphatic rings. The molecule has 1 aliphatic carbocycles. The summed E-state index contributed by atoms with van der Waals surface area (Å²) in [6.07, 6.45) is 1.17. The van der Waals surface area contributed by atoms with E-state index in [1.165, 1.54) is 17.5 Å². The Morgan fingerprint density at radius 1 is 1.28 bits per heavy atom. The van der Waals surface area contributed by atoms with E-state index in [2.05, 4.69) is 56.9 Å². The molecule has 2 rings (SSSR count). The van der Waals surface area contributed by atoms with Crippen LogP contribution in [-0.2, 0) is 0 Å². The molecule has 0 bridgehead atoms. The molecular formula is C16H26N2. The van der Waals surface area contributed by atoms with Gasteiger partial charge in [0.1, 0.15) is 0 Å². The fraction of sp³-hybridized carbons (Fsp3) is 0.625. The van der Waals surface area contributed by atoms with E-state index in [0.29, 0.717) is 18.0 Å². The molecular weight excluding hydrogens is 220 g/mol. The number of hydrogen-bond donors (Lipinski definition) is 1. The predicted molar refractivity (Wildman–Crippen MR) is 77.7 cm³/mol. The Kier molecular flexibility index (Phi) is 4.08. The van der Waals surface area contributed by atoms with E-state index in [-0.39, 0.29) is 6.04 Å². The van der Waals surface area contributed by atoms with Crippen LogP contribution in [0.3, 0.4) is 0 Å². The van der Waals surface area contributed by atoms with E-state index in [1.54, 1.807) is 0 Å². The summed E-state index contributed by atoms with van der Waals surface area (Å²) in [5.74, 6) is 0.610.